The molecule has 3 heterocycles. The number of oxazole rings is 1. The quantitative estimate of drug-likeness (QED) is 0.244. The fraction of sp³-hybridized carbons (Fsp3) is 0.179. The minimum atomic E-state index is -0.429. The molecule has 0 spiro atoms. The zero-order chi connectivity index (χ0) is 27.6. The first-order valence-corrected chi connectivity index (χ1v) is 12.2. The molecule has 3 aromatic heterocycles. The number of urea groups is 1. The number of pyridine rings is 1. The normalized spacial score (nSPS) is 11.3. The summed E-state index contributed by atoms with van der Waals surface area (Å²) >= 11 is 0. The number of amides is 3. The van der Waals surface area contributed by atoms with Crippen LogP contribution in [0.4, 0.5) is 22.1 Å². The maximum Gasteiger partial charge on any atom is 0.324 e. The van der Waals surface area contributed by atoms with Gasteiger partial charge in [0.25, 0.3) is 0 Å². The van der Waals surface area contributed by atoms with Gasteiger partial charge in [-0.1, -0.05) is 20.8 Å². The Balaban J connectivity index is 1.30. The number of fused-ring (bicyclic) bond motifs is 1. The topological polar surface area (TPSA) is 136 Å². The number of nitrogens with one attached hydrogen (secondary N) is 3. The second kappa shape index (κ2) is 10.3. The summed E-state index contributed by atoms with van der Waals surface area (Å²) < 4.78 is 12.9. The lowest BCUT2D eigenvalue weighted by Crippen LogP contribution is -2.21. The summed E-state index contributed by atoms with van der Waals surface area (Å²) in [6, 6.07) is 17.1. The standard InChI is InChI=1S/C28H27N7O4/c1-17(36)31-25-14-21(11-12-29-25)39-20-8-5-18(6-9-20)32-27(37)33-26-15-24(28(2,3)4)34-35(26)19-7-10-23-22(13-19)30-16-38-23/h5-16H,1-4H3,(H,29,31,36)(H2,32,33,37). The minimum Gasteiger partial charge on any atom is -0.457 e. The lowest BCUT2D eigenvalue weighted by molar-refractivity contribution is -0.114. The van der Waals surface area contributed by atoms with Crippen LogP contribution >= 0.6 is 0 Å². The maximum absolute atomic E-state index is 12.9. The van der Waals surface area contributed by atoms with E-state index in [1.807, 2.05) is 24.3 Å². The molecule has 0 aliphatic carbocycles. The van der Waals surface area contributed by atoms with Crippen LogP contribution in [-0.2, 0) is 10.2 Å². The molecule has 0 atom stereocenters. The van der Waals surface area contributed by atoms with Gasteiger partial charge in [-0.25, -0.2) is 19.4 Å². The van der Waals surface area contributed by atoms with E-state index in [0.29, 0.717) is 39.9 Å². The molecule has 0 saturated carbocycles. The molecule has 3 N–H and O–H groups in total. The monoisotopic (exact) mass is 525 g/mol. The van der Waals surface area contributed by atoms with E-state index in [-0.39, 0.29) is 11.3 Å². The van der Waals surface area contributed by atoms with Gasteiger partial charge in [0.05, 0.1) is 11.4 Å². The van der Waals surface area contributed by atoms with Gasteiger partial charge in [0.15, 0.2) is 12.0 Å². The molecule has 198 valence electrons. The van der Waals surface area contributed by atoms with Crippen LogP contribution in [0.15, 0.2) is 77.7 Å². The molecule has 0 bridgehead atoms. The number of hydrogen-bond donors (Lipinski definition) is 3. The summed E-state index contributed by atoms with van der Waals surface area (Å²) in [5.74, 6) is 1.75. The molecule has 0 radical (unpaired) electrons. The molecule has 39 heavy (non-hydrogen) atoms. The van der Waals surface area contributed by atoms with Crippen molar-refractivity contribution in [1.82, 2.24) is 19.7 Å². The summed E-state index contributed by atoms with van der Waals surface area (Å²) in [4.78, 5) is 32.5. The number of nitrogens with zero attached hydrogens (tertiary/aromatic N) is 4. The van der Waals surface area contributed by atoms with E-state index in [1.165, 1.54) is 13.3 Å². The number of ether oxygens (including phenoxy) is 1. The highest BCUT2D eigenvalue weighted by Gasteiger charge is 2.22. The molecule has 5 aromatic rings. The molecular weight excluding hydrogens is 498 g/mol. The van der Waals surface area contributed by atoms with Crippen LogP contribution in [0, 0.1) is 0 Å². The number of hydrogen-bond acceptors (Lipinski definition) is 7. The molecular formula is C28H27N7O4. The molecule has 0 fully saturated rings. The zero-order valence-electron chi connectivity index (χ0n) is 21.9. The number of aromatic nitrogens is 4. The summed E-state index contributed by atoms with van der Waals surface area (Å²) in [5.41, 5.74) is 3.25. The Morgan fingerprint density at radius 3 is 2.44 bits per heavy atom. The third-order valence-corrected chi connectivity index (χ3v) is 5.66. The second-order valence-corrected chi connectivity index (χ2v) is 9.84. The Hall–Kier alpha value is -5.19. The van der Waals surface area contributed by atoms with Crippen LogP contribution in [0.2, 0.25) is 0 Å². The molecule has 11 heteroatoms. The van der Waals surface area contributed by atoms with Gasteiger partial charge < -0.3 is 19.8 Å². The number of carbonyl (C=O) groups excluding carboxylic acids is 2. The van der Waals surface area contributed by atoms with Crippen molar-refractivity contribution in [2.75, 3.05) is 16.0 Å². The van der Waals surface area contributed by atoms with Gasteiger partial charge in [0, 0.05) is 36.4 Å². The van der Waals surface area contributed by atoms with Gasteiger partial charge in [-0.2, -0.15) is 5.10 Å². The fourth-order valence-electron chi connectivity index (χ4n) is 3.76. The number of carbonyl (C=O) groups is 2. The highest BCUT2D eigenvalue weighted by molar-refractivity contribution is 5.99. The first-order valence-electron chi connectivity index (χ1n) is 12.2. The molecule has 11 nitrogen and oxygen atoms in total. The number of benzene rings is 2. The van der Waals surface area contributed by atoms with Crippen LogP contribution in [0.1, 0.15) is 33.4 Å². The highest BCUT2D eigenvalue weighted by Crippen LogP contribution is 2.28. The Morgan fingerprint density at radius 2 is 1.69 bits per heavy atom. The van der Waals surface area contributed by atoms with Crippen LogP contribution in [0.5, 0.6) is 11.5 Å². The van der Waals surface area contributed by atoms with Gasteiger partial charge in [-0.05, 0) is 48.5 Å². The van der Waals surface area contributed by atoms with E-state index in [9.17, 15) is 9.59 Å². The summed E-state index contributed by atoms with van der Waals surface area (Å²) in [7, 11) is 0. The van der Waals surface area contributed by atoms with Crippen molar-refractivity contribution >= 4 is 40.4 Å². The predicted molar refractivity (Wildman–Crippen MR) is 148 cm³/mol. The Kier molecular flexibility index (Phi) is 6.72. The summed E-state index contributed by atoms with van der Waals surface area (Å²) in [5, 5.41) is 13.1. The first kappa shape index (κ1) is 25.5. The second-order valence-electron chi connectivity index (χ2n) is 9.84. The van der Waals surface area contributed by atoms with E-state index in [0.717, 1.165) is 11.4 Å². The van der Waals surface area contributed by atoms with E-state index in [4.69, 9.17) is 14.3 Å². The van der Waals surface area contributed by atoms with Gasteiger partial charge in [0.2, 0.25) is 5.91 Å². The largest absolute Gasteiger partial charge is 0.457 e. The predicted octanol–water partition coefficient (Wildman–Crippen LogP) is 6.10. The first-order chi connectivity index (χ1) is 18.6. The smallest absolute Gasteiger partial charge is 0.324 e. The Bertz CT molecular complexity index is 1650. The van der Waals surface area contributed by atoms with Gasteiger partial charge in [0.1, 0.15) is 28.7 Å². The summed E-state index contributed by atoms with van der Waals surface area (Å²) in [6.07, 6.45) is 2.93. The average molecular weight is 526 g/mol. The lowest BCUT2D eigenvalue weighted by Gasteiger charge is -2.14. The van der Waals surface area contributed by atoms with Gasteiger partial charge in [-0.15, -0.1) is 0 Å². The summed E-state index contributed by atoms with van der Waals surface area (Å²) in [6.45, 7) is 7.58. The van der Waals surface area contributed by atoms with E-state index in [1.54, 1.807) is 47.3 Å². The van der Waals surface area contributed by atoms with Crippen molar-refractivity contribution in [3.63, 3.8) is 0 Å². The fourth-order valence-corrected chi connectivity index (χ4v) is 3.76. The zero-order valence-corrected chi connectivity index (χ0v) is 21.9. The van der Waals surface area contributed by atoms with Crippen molar-refractivity contribution in [1.29, 1.82) is 0 Å². The minimum absolute atomic E-state index is 0.220. The number of rotatable bonds is 6. The SMILES string of the molecule is CC(=O)Nc1cc(Oc2ccc(NC(=O)Nc3cc(C(C)(C)C)nn3-c3ccc4ocnc4c3)cc2)ccn1. The highest BCUT2D eigenvalue weighted by atomic mass is 16.5. The Labute approximate surface area is 224 Å². The molecule has 5 rings (SSSR count). The lowest BCUT2D eigenvalue weighted by atomic mass is 9.92. The molecule has 2 aromatic carbocycles. The van der Waals surface area contributed by atoms with Crippen molar-refractivity contribution in [2.45, 2.75) is 33.1 Å². The van der Waals surface area contributed by atoms with Crippen LogP contribution in [0.25, 0.3) is 16.8 Å². The Morgan fingerprint density at radius 1 is 0.897 bits per heavy atom. The molecule has 3 amide bonds. The maximum atomic E-state index is 12.9. The molecule has 0 saturated heterocycles. The third-order valence-electron chi connectivity index (χ3n) is 5.66. The number of anilines is 3. The van der Waals surface area contributed by atoms with Gasteiger partial charge in [-0.3, -0.25) is 10.1 Å². The van der Waals surface area contributed by atoms with E-state index in [2.05, 4.69) is 46.7 Å². The van der Waals surface area contributed by atoms with Crippen molar-refractivity contribution in [3.8, 4) is 17.2 Å². The average Bonchev–Trinajstić information content (AvgIpc) is 3.51. The third kappa shape index (κ3) is 6.04. The van der Waals surface area contributed by atoms with E-state index < -0.39 is 6.03 Å². The molecule has 0 aliphatic rings. The van der Waals surface area contributed by atoms with Crippen LogP contribution in [-0.4, -0.2) is 31.7 Å². The van der Waals surface area contributed by atoms with Gasteiger partial charge >= 0.3 is 6.03 Å². The molecule has 0 unspecified atom stereocenters. The van der Waals surface area contributed by atoms with E-state index >= 15 is 0 Å². The van der Waals surface area contributed by atoms with Crippen LogP contribution in [0.3, 0.4) is 0 Å². The van der Waals surface area contributed by atoms with Crippen molar-refractivity contribution < 1.29 is 18.7 Å². The van der Waals surface area contributed by atoms with Crippen molar-refractivity contribution in [2.24, 2.45) is 0 Å². The van der Waals surface area contributed by atoms with Crippen molar-refractivity contribution in [3.05, 3.63) is 78.9 Å². The molecule has 0 aliphatic heterocycles. The van der Waals surface area contributed by atoms with Crippen LogP contribution < -0.4 is 20.7 Å².